The Hall–Kier alpha value is 0.270. The van der Waals surface area contributed by atoms with Crippen LogP contribution in [-0.2, 0) is 0 Å². The second kappa shape index (κ2) is 5.50. The number of aryl methyl sites for hydroxylation is 1. The Labute approximate surface area is 128 Å². The van der Waals surface area contributed by atoms with Crippen molar-refractivity contribution in [1.29, 1.82) is 0 Å². The van der Waals surface area contributed by atoms with E-state index in [-0.39, 0.29) is 4.83 Å². The predicted molar refractivity (Wildman–Crippen MR) is 81.3 cm³/mol. The summed E-state index contributed by atoms with van der Waals surface area (Å²) in [7, 11) is 0. The lowest BCUT2D eigenvalue weighted by molar-refractivity contribution is 1.22. The molecular weight excluding hydrogens is 362 g/mol. The molecular formula is C12H8BrCl3S. The van der Waals surface area contributed by atoms with E-state index in [0.29, 0.717) is 10.0 Å². The van der Waals surface area contributed by atoms with Crippen molar-refractivity contribution in [3.63, 3.8) is 0 Å². The molecule has 90 valence electrons. The van der Waals surface area contributed by atoms with Gasteiger partial charge in [0, 0.05) is 14.9 Å². The minimum atomic E-state index is -0.00142. The van der Waals surface area contributed by atoms with Crippen LogP contribution in [0.3, 0.4) is 0 Å². The van der Waals surface area contributed by atoms with E-state index in [0.717, 1.165) is 21.0 Å². The van der Waals surface area contributed by atoms with E-state index in [4.69, 9.17) is 34.8 Å². The second-order valence-electron chi connectivity index (χ2n) is 3.63. The summed E-state index contributed by atoms with van der Waals surface area (Å²) in [5.74, 6) is 0. The van der Waals surface area contributed by atoms with Crippen LogP contribution in [0.2, 0.25) is 15.1 Å². The minimum absolute atomic E-state index is 0.00142. The zero-order chi connectivity index (χ0) is 12.6. The molecule has 0 aliphatic carbocycles. The molecule has 0 radical (unpaired) electrons. The van der Waals surface area contributed by atoms with Crippen LogP contribution in [0.5, 0.6) is 0 Å². The van der Waals surface area contributed by atoms with Gasteiger partial charge >= 0.3 is 0 Å². The Morgan fingerprint density at radius 2 is 1.94 bits per heavy atom. The molecule has 0 fully saturated rings. The largest absolute Gasteiger partial charge is 0.145 e. The third kappa shape index (κ3) is 2.82. The molecule has 0 aliphatic rings. The number of alkyl halides is 1. The molecule has 0 nitrogen and oxygen atoms in total. The third-order valence-corrected chi connectivity index (χ3v) is 5.99. The summed E-state index contributed by atoms with van der Waals surface area (Å²) in [6, 6.07) is 5.47. The summed E-state index contributed by atoms with van der Waals surface area (Å²) in [4.78, 5) is 1.06. The molecule has 2 rings (SSSR count). The summed E-state index contributed by atoms with van der Waals surface area (Å²) in [6.45, 7) is 1.99. The monoisotopic (exact) mass is 368 g/mol. The second-order valence-corrected chi connectivity index (χ2v) is 6.67. The van der Waals surface area contributed by atoms with E-state index in [1.807, 2.05) is 24.4 Å². The topological polar surface area (TPSA) is 0 Å². The van der Waals surface area contributed by atoms with Gasteiger partial charge in [0.05, 0.1) is 9.85 Å². The molecule has 0 amide bonds. The molecule has 1 heterocycles. The van der Waals surface area contributed by atoms with Gasteiger partial charge in [-0.1, -0.05) is 56.8 Å². The smallest absolute Gasteiger partial charge is 0.0767 e. The van der Waals surface area contributed by atoms with Gasteiger partial charge in [-0.25, -0.2) is 0 Å². The zero-order valence-corrected chi connectivity index (χ0v) is 13.5. The van der Waals surface area contributed by atoms with Crippen LogP contribution in [-0.4, -0.2) is 0 Å². The Balaban J connectivity index is 2.43. The van der Waals surface area contributed by atoms with E-state index in [9.17, 15) is 0 Å². The molecule has 0 bridgehead atoms. The van der Waals surface area contributed by atoms with Crippen molar-refractivity contribution in [2.24, 2.45) is 0 Å². The van der Waals surface area contributed by atoms with E-state index in [1.54, 1.807) is 17.4 Å². The van der Waals surface area contributed by atoms with Crippen molar-refractivity contribution in [1.82, 2.24) is 0 Å². The fourth-order valence-corrected chi connectivity index (χ4v) is 4.50. The van der Waals surface area contributed by atoms with Gasteiger partial charge < -0.3 is 0 Å². The van der Waals surface area contributed by atoms with Crippen molar-refractivity contribution in [3.8, 4) is 0 Å². The molecule has 5 heteroatoms. The van der Waals surface area contributed by atoms with E-state index < -0.39 is 0 Å². The van der Waals surface area contributed by atoms with Crippen LogP contribution < -0.4 is 0 Å². The van der Waals surface area contributed by atoms with Crippen molar-refractivity contribution < 1.29 is 0 Å². The third-order valence-electron chi connectivity index (χ3n) is 2.39. The predicted octanol–water partition coefficient (Wildman–Crippen LogP) is 6.50. The standard InChI is InChI=1S/C12H8BrCl3S/c1-6-5-17-12(11(6)16)10(13)8-3-2-7(14)4-9(8)15/h2-5,10H,1H3. The van der Waals surface area contributed by atoms with Crippen molar-refractivity contribution in [2.45, 2.75) is 11.8 Å². The van der Waals surface area contributed by atoms with Gasteiger partial charge in [-0.2, -0.15) is 0 Å². The first kappa shape index (κ1) is 13.7. The Morgan fingerprint density at radius 3 is 2.47 bits per heavy atom. The minimum Gasteiger partial charge on any atom is -0.145 e. The van der Waals surface area contributed by atoms with Crippen molar-refractivity contribution in [2.75, 3.05) is 0 Å². The average Bonchev–Trinajstić information content (AvgIpc) is 2.59. The highest BCUT2D eigenvalue weighted by Gasteiger charge is 2.19. The van der Waals surface area contributed by atoms with Crippen LogP contribution in [0.1, 0.15) is 20.8 Å². The van der Waals surface area contributed by atoms with E-state index in [2.05, 4.69) is 15.9 Å². The number of hydrogen-bond donors (Lipinski definition) is 0. The maximum Gasteiger partial charge on any atom is 0.0767 e. The molecule has 2 aromatic rings. The molecule has 17 heavy (non-hydrogen) atoms. The quantitative estimate of drug-likeness (QED) is 0.529. The normalized spacial score (nSPS) is 12.8. The molecule has 0 spiro atoms. The first-order valence-electron chi connectivity index (χ1n) is 4.83. The molecule has 0 aliphatic heterocycles. The first-order valence-corrected chi connectivity index (χ1v) is 7.76. The fraction of sp³-hybridized carbons (Fsp3) is 0.167. The van der Waals surface area contributed by atoms with E-state index >= 15 is 0 Å². The van der Waals surface area contributed by atoms with Gasteiger partial charge in [0.15, 0.2) is 0 Å². The lowest BCUT2D eigenvalue weighted by Crippen LogP contribution is -1.92. The number of rotatable bonds is 2. The zero-order valence-electron chi connectivity index (χ0n) is 8.81. The molecule has 1 unspecified atom stereocenters. The van der Waals surface area contributed by atoms with Crippen LogP contribution in [0.25, 0.3) is 0 Å². The van der Waals surface area contributed by atoms with Gasteiger partial charge in [-0.05, 0) is 35.6 Å². The lowest BCUT2D eigenvalue weighted by Gasteiger charge is -2.11. The van der Waals surface area contributed by atoms with Gasteiger partial charge in [-0.3, -0.25) is 0 Å². The number of benzene rings is 1. The molecule has 1 atom stereocenters. The van der Waals surface area contributed by atoms with Crippen molar-refractivity contribution in [3.05, 3.63) is 54.7 Å². The number of halogens is 4. The number of thiophene rings is 1. The molecule has 0 saturated heterocycles. The van der Waals surface area contributed by atoms with Gasteiger partial charge in [0.2, 0.25) is 0 Å². The molecule has 0 saturated carbocycles. The van der Waals surface area contributed by atoms with Crippen LogP contribution in [0, 0.1) is 6.92 Å². The molecule has 0 N–H and O–H groups in total. The van der Waals surface area contributed by atoms with Gasteiger partial charge in [-0.15, -0.1) is 11.3 Å². The maximum absolute atomic E-state index is 6.25. The van der Waals surface area contributed by atoms with E-state index in [1.165, 1.54) is 0 Å². The Morgan fingerprint density at radius 1 is 1.24 bits per heavy atom. The van der Waals surface area contributed by atoms with Crippen LogP contribution in [0.4, 0.5) is 0 Å². The summed E-state index contributed by atoms with van der Waals surface area (Å²) < 4.78 is 0. The Kier molecular flexibility index (Phi) is 4.43. The number of hydrogen-bond acceptors (Lipinski definition) is 1. The van der Waals surface area contributed by atoms with Gasteiger partial charge in [0.25, 0.3) is 0 Å². The summed E-state index contributed by atoms with van der Waals surface area (Å²) in [5.41, 5.74) is 2.06. The average molecular weight is 371 g/mol. The summed E-state index contributed by atoms with van der Waals surface area (Å²) in [5, 5.41) is 4.10. The summed E-state index contributed by atoms with van der Waals surface area (Å²) in [6.07, 6.45) is 0. The molecule has 1 aromatic heterocycles. The highest BCUT2D eigenvalue weighted by Crippen LogP contribution is 2.43. The maximum atomic E-state index is 6.25. The SMILES string of the molecule is Cc1csc(C(Br)c2ccc(Cl)cc2Cl)c1Cl. The fourth-order valence-electron chi connectivity index (χ4n) is 1.47. The highest BCUT2D eigenvalue weighted by atomic mass is 79.9. The van der Waals surface area contributed by atoms with Crippen LogP contribution >= 0.6 is 62.1 Å². The van der Waals surface area contributed by atoms with Gasteiger partial charge in [0.1, 0.15) is 0 Å². The molecule has 1 aromatic carbocycles. The van der Waals surface area contributed by atoms with Crippen molar-refractivity contribution >= 4 is 62.1 Å². The lowest BCUT2D eigenvalue weighted by atomic mass is 10.1. The highest BCUT2D eigenvalue weighted by molar-refractivity contribution is 9.09. The Bertz CT molecular complexity index is 551. The summed E-state index contributed by atoms with van der Waals surface area (Å²) >= 11 is 23.6. The first-order chi connectivity index (χ1) is 8.00. The van der Waals surface area contributed by atoms with Crippen LogP contribution in [0.15, 0.2) is 23.6 Å².